The highest BCUT2D eigenvalue weighted by atomic mass is 35.5. The van der Waals surface area contributed by atoms with Gasteiger partial charge in [0.25, 0.3) is 5.91 Å². The first kappa shape index (κ1) is 15.1. The fraction of sp³-hybridized carbons (Fsp3) is 0.462. The zero-order valence-corrected chi connectivity index (χ0v) is 12.4. The lowest BCUT2D eigenvalue weighted by atomic mass is 10.2. The molecular formula is C13H15Cl2N3O2. The van der Waals surface area contributed by atoms with Crippen LogP contribution >= 0.6 is 23.2 Å². The van der Waals surface area contributed by atoms with Gasteiger partial charge in [-0.3, -0.25) is 9.59 Å². The van der Waals surface area contributed by atoms with Crippen LogP contribution in [0.25, 0.3) is 0 Å². The Balaban J connectivity index is 1.77. The number of hydrogen-bond donors (Lipinski definition) is 1. The van der Waals surface area contributed by atoms with Crippen molar-refractivity contribution >= 4 is 35.0 Å². The first-order valence-electron chi connectivity index (χ1n) is 6.45. The Labute approximate surface area is 127 Å². The molecule has 108 valence electrons. The smallest absolute Gasteiger partial charge is 0.252 e. The molecule has 20 heavy (non-hydrogen) atoms. The van der Waals surface area contributed by atoms with Crippen LogP contribution in [0, 0.1) is 0 Å². The summed E-state index contributed by atoms with van der Waals surface area (Å²) < 4.78 is 0. The molecule has 0 radical (unpaired) electrons. The highest BCUT2D eigenvalue weighted by molar-refractivity contribution is 6.35. The van der Waals surface area contributed by atoms with Crippen molar-refractivity contribution in [3.05, 3.63) is 28.0 Å². The molecule has 2 heterocycles. The summed E-state index contributed by atoms with van der Waals surface area (Å²) in [5.74, 6) is -0.0904. The highest BCUT2D eigenvalue weighted by Gasteiger charge is 2.19. The number of halogens is 2. The number of likely N-dealkylation sites (tertiary alicyclic amines) is 1. The third kappa shape index (κ3) is 3.84. The molecule has 1 N–H and O–H groups in total. The van der Waals surface area contributed by atoms with Crippen molar-refractivity contribution in [1.29, 1.82) is 0 Å². The molecule has 0 unspecified atom stereocenters. The Hall–Kier alpha value is -1.33. The number of carbonyl (C=O) groups is 2. The first-order chi connectivity index (χ1) is 9.58. The normalized spacial score (nSPS) is 14.7. The van der Waals surface area contributed by atoms with Crippen molar-refractivity contribution < 1.29 is 9.59 Å². The van der Waals surface area contributed by atoms with E-state index in [-0.39, 0.29) is 22.0 Å². The third-order valence-corrected chi connectivity index (χ3v) is 3.64. The van der Waals surface area contributed by atoms with Crippen LogP contribution in [0.4, 0.5) is 0 Å². The number of amides is 2. The first-order valence-corrected chi connectivity index (χ1v) is 7.20. The van der Waals surface area contributed by atoms with Gasteiger partial charge >= 0.3 is 0 Å². The summed E-state index contributed by atoms with van der Waals surface area (Å²) in [5, 5.41) is 3.25. The van der Waals surface area contributed by atoms with Gasteiger partial charge in [0.2, 0.25) is 5.91 Å². The molecule has 1 saturated heterocycles. The molecule has 0 bridgehead atoms. The molecule has 5 nitrogen and oxygen atoms in total. The van der Waals surface area contributed by atoms with E-state index < -0.39 is 0 Å². The minimum absolute atomic E-state index is 0.195. The molecule has 2 rings (SSSR count). The molecule has 1 aromatic heterocycles. The van der Waals surface area contributed by atoms with Crippen LogP contribution in [0.3, 0.4) is 0 Å². The van der Waals surface area contributed by atoms with E-state index in [1.165, 1.54) is 12.3 Å². The topological polar surface area (TPSA) is 62.3 Å². The maximum absolute atomic E-state index is 11.9. The lowest BCUT2D eigenvalue weighted by molar-refractivity contribution is -0.127. The molecule has 1 fully saturated rings. The van der Waals surface area contributed by atoms with E-state index in [0.717, 1.165) is 13.0 Å². The van der Waals surface area contributed by atoms with Crippen LogP contribution < -0.4 is 5.32 Å². The number of carbonyl (C=O) groups excluding carboxylic acids is 2. The van der Waals surface area contributed by atoms with Gasteiger partial charge < -0.3 is 10.2 Å². The van der Waals surface area contributed by atoms with E-state index in [2.05, 4.69) is 10.3 Å². The maximum Gasteiger partial charge on any atom is 0.252 e. The quantitative estimate of drug-likeness (QED) is 0.669. The van der Waals surface area contributed by atoms with Crippen LogP contribution in [0.15, 0.2) is 12.3 Å². The van der Waals surface area contributed by atoms with E-state index >= 15 is 0 Å². The molecule has 0 aromatic carbocycles. The Kier molecular flexibility index (Phi) is 5.20. The molecule has 0 spiro atoms. The zero-order valence-electron chi connectivity index (χ0n) is 10.9. The summed E-state index contributed by atoms with van der Waals surface area (Å²) in [4.78, 5) is 28.9. The molecule has 0 saturated carbocycles. The van der Waals surface area contributed by atoms with E-state index in [1.807, 2.05) is 4.90 Å². The van der Waals surface area contributed by atoms with Crippen LogP contribution in [0.5, 0.6) is 0 Å². The van der Waals surface area contributed by atoms with E-state index in [9.17, 15) is 9.59 Å². The number of aromatic nitrogens is 1. The Morgan fingerprint density at radius 1 is 1.45 bits per heavy atom. The van der Waals surface area contributed by atoms with E-state index in [4.69, 9.17) is 23.2 Å². The van der Waals surface area contributed by atoms with E-state index in [0.29, 0.717) is 31.5 Å². The molecule has 0 aliphatic carbocycles. The summed E-state index contributed by atoms with van der Waals surface area (Å²) in [5.41, 5.74) is 0.309. The molecular weight excluding hydrogens is 301 g/mol. The van der Waals surface area contributed by atoms with Gasteiger partial charge in [-0.25, -0.2) is 4.98 Å². The lowest BCUT2D eigenvalue weighted by Crippen LogP contribution is -2.30. The molecule has 1 aliphatic rings. The number of hydrogen-bond acceptors (Lipinski definition) is 3. The van der Waals surface area contributed by atoms with Crippen molar-refractivity contribution in [3.8, 4) is 0 Å². The van der Waals surface area contributed by atoms with Gasteiger partial charge in [0.05, 0.1) is 10.6 Å². The largest absolute Gasteiger partial charge is 0.352 e. The van der Waals surface area contributed by atoms with Crippen molar-refractivity contribution in [2.75, 3.05) is 19.6 Å². The second kappa shape index (κ2) is 6.90. The van der Waals surface area contributed by atoms with E-state index in [1.54, 1.807) is 0 Å². The van der Waals surface area contributed by atoms with Crippen LogP contribution in [0.1, 0.15) is 29.6 Å². The minimum Gasteiger partial charge on any atom is -0.352 e. The van der Waals surface area contributed by atoms with Crippen molar-refractivity contribution in [3.63, 3.8) is 0 Å². The average molecular weight is 316 g/mol. The molecule has 0 atom stereocenters. The summed E-state index contributed by atoms with van der Waals surface area (Å²) in [6.45, 7) is 1.97. The Morgan fingerprint density at radius 2 is 2.25 bits per heavy atom. The van der Waals surface area contributed by atoms with Crippen LogP contribution in [-0.2, 0) is 4.79 Å². The summed E-state index contributed by atoms with van der Waals surface area (Å²) >= 11 is 11.6. The second-order valence-corrected chi connectivity index (χ2v) is 5.38. The lowest BCUT2D eigenvalue weighted by Gasteiger charge is -2.15. The summed E-state index contributed by atoms with van der Waals surface area (Å²) in [7, 11) is 0. The molecule has 7 heteroatoms. The Bertz CT molecular complexity index is 522. The number of nitrogens with one attached hydrogen (secondary N) is 1. The van der Waals surface area contributed by atoms with Gasteiger partial charge in [-0.15, -0.1) is 0 Å². The maximum atomic E-state index is 11.9. The van der Waals surface area contributed by atoms with Crippen molar-refractivity contribution in [2.24, 2.45) is 0 Å². The number of pyridine rings is 1. The summed E-state index contributed by atoms with van der Waals surface area (Å²) in [6.07, 6.45) is 3.63. The SMILES string of the molecule is O=C(NCCCN1CCCC1=O)c1cc(Cl)ncc1Cl. The van der Waals surface area contributed by atoms with Crippen molar-refractivity contribution in [2.45, 2.75) is 19.3 Å². The second-order valence-electron chi connectivity index (χ2n) is 4.58. The average Bonchev–Trinajstić information content (AvgIpc) is 2.83. The van der Waals surface area contributed by atoms with Gasteiger partial charge in [0.15, 0.2) is 0 Å². The molecule has 2 amide bonds. The molecule has 1 aliphatic heterocycles. The van der Waals surface area contributed by atoms with Gasteiger partial charge in [-0.05, 0) is 18.9 Å². The number of rotatable bonds is 5. The van der Waals surface area contributed by atoms with Gasteiger partial charge in [-0.2, -0.15) is 0 Å². The van der Waals surface area contributed by atoms with Crippen LogP contribution in [0.2, 0.25) is 10.2 Å². The fourth-order valence-corrected chi connectivity index (χ4v) is 2.44. The minimum atomic E-state index is -0.285. The van der Waals surface area contributed by atoms with Gasteiger partial charge in [0.1, 0.15) is 5.15 Å². The van der Waals surface area contributed by atoms with Gasteiger partial charge in [-0.1, -0.05) is 23.2 Å². The highest BCUT2D eigenvalue weighted by Crippen LogP contribution is 2.17. The fourth-order valence-electron chi connectivity index (χ4n) is 2.09. The zero-order chi connectivity index (χ0) is 14.5. The summed E-state index contributed by atoms with van der Waals surface area (Å²) in [6, 6.07) is 1.43. The third-order valence-electron chi connectivity index (χ3n) is 3.13. The predicted octanol–water partition coefficient (Wildman–Crippen LogP) is 2.13. The van der Waals surface area contributed by atoms with Gasteiger partial charge in [0, 0.05) is 32.3 Å². The standard InChI is InChI=1S/C13H15Cl2N3O2/c14-10-8-17-11(15)7-9(10)13(20)16-4-2-6-18-5-1-3-12(18)19/h7-8H,1-6H2,(H,16,20). The monoisotopic (exact) mass is 315 g/mol. The van der Waals surface area contributed by atoms with Crippen molar-refractivity contribution in [1.82, 2.24) is 15.2 Å². The number of nitrogens with zero attached hydrogens (tertiary/aromatic N) is 2. The Morgan fingerprint density at radius 3 is 2.95 bits per heavy atom. The van der Waals surface area contributed by atoms with Crippen LogP contribution in [-0.4, -0.2) is 41.3 Å². The predicted molar refractivity (Wildman–Crippen MR) is 77.0 cm³/mol. The molecule has 1 aromatic rings.